The Morgan fingerprint density at radius 2 is 0.967 bits per heavy atom. The third-order valence-corrected chi connectivity index (χ3v) is 6.77. The van der Waals surface area contributed by atoms with Crippen LogP contribution in [0.3, 0.4) is 0 Å². The van der Waals surface area contributed by atoms with Gasteiger partial charge in [0.25, 0.3) is 0 Å². The molecule has 3 aromatic carbocycles. The first kappa shape index (κ1) is 22.9. The highest BCUT2D eigenvalue weighted by Gasteiger charge is 2.20. The van der Waals surface area contributed by atoms with Gasteiger partial charge in [0.05, 0.1) is 0 Å². The van der Waals surface area contributed by atoms with Crippen molar-refractivity contribution in [2.75, 3.05) is 0 Å². The average Bonchev–Trinajstić information content (AvgIpc) is 2.78. The molecule has 0 saturated heterocycles. The second-order valence-electron chi connectivity index (χ2n) is 9.04. The maximum absolute atomic E-state index is 2.46. The van der Waals surface area contributed by atoms with Crippen molar-refractivity contribution in [3.63, 3.8) is 0 Å². The van der Waals surface area contributed by atoms with E-state index in [0.29, 0.717) is 0 Å². The molecule has 0 amide bonds. The van der Waals surface area contributed by atoms with E-state index in [1.807, 2.05) is 0 Å². The fourth-order valence-corrected chi connectivity index (χ4v) is 5.11. The molecule has 30 heavy (non-hydrogen) atoms. The van der Waals surface area contributed by atoms with Crippen molar-refractivity contribution in [1.29, 1.82) is 0 Å². The molecular weight excluding hydrogens is 360 g/mol. The maximum atomic E-state index is 2.46. The lowest BCUT2D eigenvalue weighted by Crippen LogP contribution is -2.08. The van der Waals surface area contributed by atoms with E-state index in [2.05, 4.69) is 64.1 Å². The zero-order chi connectivity index (χ0) is 21.3. The smallest absolute Gasteiger partial charge is 0.00676 e. The third-order valence-electron chi connectivity index (χ3n) is 6.77. The van der Waals surface area contributed by atoms with Crippen LogP contribution in [-0.2, 0) is 25.7 Å². The summed E-state index contributed by atoms with van der Waals surface area (Å²) in [5, 5.41) is 6.00. The van der Waals surface area contributed by atoms with Crippen molar-refractivity contribution >= 4 is 21.5 Å². The molecule has 3 rings (SSSR count). The van der Waals surface area contributed by atoms with Gasteiger partial charge in [0.2, 0.25) is 0 Å². The Labute approximate surface area is 185 Å². The predicted octanol–water partition coefficient (Wildman–Crippen LogP) is 9.36. The van der Waals surface area contributed by atoms with Crippen molar-refractivity contribution in [2.45, 2.75) is 105 Å². The second-order valence-corrected chi connectivity index (χ2v) is 9.04. The molecule has 0 radical (unpaired) electrons. The molecule has 0 N–H and O–H groups in total. The van der Waals surface area contributed by atoms with Crippen LogP contribution in [0.2, 0.25) is 0 Å². The molecule has 0 aliphatic rings. The summed E-state index contributed by atoms with van der Waals surface area (Å²) in [4.78, 5) is 0. The number of hydrogen-bond acceptors (Lipinski definition) is 0. The lowest BCUT2D eigenvalue weighted by molar-refractivity contribution is 0.724. The van der Waals surface area contributed by atoms with E-state index in [-0.39, 0.29) is 0 Å². The van der Waals surface area contributed by atoms with Gasteiger partial charge in [0, 0.05) is 0 Å². The van der Waals surface area contributed by atoms with Crippen molar-refractivity contribution in [3.05, 3.63) is 58.7 Å². The summed E-state index contributed by atoms with van der Waals surface area (Å²) in [6.45, 7) is 9.34. The van der Waals surface area contributed by atoms with E-state index in [0.717, 1.165) is 0 Å². The van der Waals surface area contributed by atoms with Crippen LogP contribution in [0.1, 0.15) is 101 Å². The Kier molecular flexibility index (Phi) is 8.79. The Morgan fingerprint density at radius 1 is 0.467 bits per heavy atom. The summed E-state index contributed by atoms with van der Waals surface area (Å²) in [5.41, 5.74) is 6.82. The first-order valence-corrected chi connectivity index (χ1v) is 12.7. The molecule has 0 aliphatic carbocycles. The molecule has 0 heteroatoms. The number of unbranched alkanes of at least 4 members (excludes halogenated alkanes) is 4. The SMILES string of the molecule is CCCCc1c(CCCC)c(CCCC)c2c(ccc3ccccc32)c1CCCC. The Hall–Kier alpha value is -1.82. The Bertz CT molecular complexity index is 947. The van der Waals surface area contributed by atoms with Crippen LogP contribution in [-0.4, -0.2) is 0 Å². The highest BCUT2D eigenvalue weighted by molar-refractivity contribution is 6.11. The molecule has 0 saturated carbocycles. The summed E-state index contributed by atoms with van der Waals surface area (Å²) in [7, 11) is 0. The van der Waals surface area contributed by atoms with E-state index >= 15 is 0 Å². The summed E-state index contributed by atoms with van der Waals surface area (Å²) in [6, 6.07) is 13.9. The standard InChI is InChI=1S/C30H42/c1-5-9-16-25-26(17-10-6-2)28(19-12-8-4)30-24-20-14-13-15-23(24)21-22-29(30)27(25)18-11-7-3/h13-15,20-22H,5-12,16-19H2,1-4H3. The van der Waals surface area contributed by atoms with Gasteiger partial charge >= 0.3 is 0 Å². The maximum Gasteiger partial charge on any atom is -0.00676 e. The van der Waals surface area contributed by atoms with Gasteiger partial charge in [-0.15, -0.1) is 0 Å². The molecule has 162 valence electrons. The molecule has 0 heterocycles. The number of fused-ring (bicyclic) bond motifs is 3. The van der Waals surface area contributed by atoms with Gasteiger partial charge in [0.15, 0.2) is 0 Å². The molecule has 0 atom stereocenters. The fraction of sp³-hybridized carbons (Fsp3) is 0.533. The predicted molar refractivity (Wildman–Crippen MR) is 136 cm³/mol. The van der Waals surface area contributed by atoms with Gasteiger partial charge in [-0.3, -0.25) is 0 Å². The topological polar surface area (TPSA) is 0 Å². The van der Waals surface area contributed by atoms with E-state index in [1.165, 1.54) is 87.8 Å². The zero-order valence-corrected chi connectivity index (χ0v) is 19.9. The van der Waals surface area contributed by atoms with Gasteiger partial charge in [-0.2, -0.15) is 0 Å². The molecule has 0 bridgehead atoms. The van der Waals surface area contributed by atoms with Crippen LogP contribution in [0.15, 0.2) is 36.4 Å². The van der Waals surface area contributed by atoms with E-state index in [1.54, 1.807) is 33.0 Å². The van der Waals surface area contributed by atoms with E-state index < -0.39 is 0 Å². The normalized spacial score (nSPS) is 11.6. The van der Waals surface area contributed by atoms with Crippen LogP contribution < -0.4 is 0 Å². The summed E-state index contributed by atoms with van der Waals surface area (Å²) in [6.07, 6.45) is 15.3. The van der Waals surface area contributed by atoms with Crippen molar-refractivity contribution in [2.24, 2.45) is 0 Å². The molecule has 3 aromatic rings. The van der Waals surface area contributed by atoms with Gasteiger partial charge in [-0.1, -0.05) is 89.8 Å². The monoisotopic (exact) mass is 402 g/mol. The minimum Gasteiger partial charge on any atom is -0.0654 e. The van der Waals surface area contributed by atoms with Crippen LogP contribution >= 0.6 is 0 Å². The van der Waals surface area contributed by atoms with Crippen molar-refractivity contribution in [1.82, 2.24) is 0 Å². The Morgan fingerprint density at radius 3 is 1.57 bits per heavy atom. The summed E-state index contributed by atoms with van der Waals surface area (Å²) >= 11 is 0. The minimum absolute atomic E-state index is 1.23. The second kappa shape index (κ2) is 11.5. The summed E-state index contributed by atoms with van der Waals surface area (Å²) in [5.74, 6) is 0. The lowest BCUT2D eigenvalue weighted by atomic mass is 9.80. The van der Waals surface area contributed by atoms with Crippen LogP contribution in [0.25, 0.3) is 21.5 Å². The molecule has 0 aromatic heterocycles. The number of rotatable bonds is 12. The van der Waals surface area contributed by atoms with Crippen LogP contribution in [0.4, 0.5) is 0 Å². The highest BCUT2D eigenvalue weighted by atomic mass is 14.2. The summed E-state index contributed by atoms with van der Waals surface area (Å²) < 4.78 is 0. The van der Waals surface area contributed by atoms with Gasteiger partial charge in [0.1, 0.15) is 0 Å². The first-order valence-electron chi connectivity index (χ1n) is 12.7. The van der Waals surface area contributed by atoms with Crippen molar-refractivity contribution < 1.29 is 0 Å². The fourth-order valence-electron chi connectivity index (χ4n) is 5.11. The number of benzene rings is 3. The quantitative estimate of drug-likeness (QED) is 0.265. The minimum atomic E-state index is 1.23. The molecule has 0 aliphatic heterocycles. The molecular formula is C30H42. The first-order chi connectivity index (χ1) is 14.8. The third kappa shape index (κ3) is 4.90. The molecule has 0 unspecified atom stereocenters. The highest BCUT2D eigenvalue weighted by Crippen LogP contribution is 2.38. The van der Waals surface area contributed by atoms with E-state index in [9.17, 15) is 0 Å². The largest absolute Gasteiger partial charge is 0.0654 e. The lowest BCUT2D eigenvalue weighted by Gasteiger charge is -2.24. The van der Waals surface area contributed by atoms with Crippen molar-refractivity contribution in [3.8, 4) is 0 Å². The van der Waals surface area contributed by atoms with Crippen LogP contribution in [0, 0.1) is 0 Å². The van der Waals surface area contributed by atoms with Gasteiger partial charge in [-0.25, -0.2) is 0 Å². The van der Waals surface area contributed by atoms with Gasteiger partial charge < -0.3 is 0 Å². The molecule has 0 nitrogen and oxygen atoms in total. The molecule has 0 spiro atoms. The number of hydrogen-bond donors (Lipinski definition) is 0. The van der Waals surface area contributed by atoms with Gasteiger partial charge in [-0.05, 0) is 95.2 Å². The average molecular weight is 403 g/mol. The number of aryl methyl sites for hydroxylation is 2. The van der Waals surface area contributed by atoms with E-state index in [4.69, 9.17) is 0 Å². The Balaban J connectivity index is 2.39. The zero-order valence-electron chi connectivity index (χ0n) is 19.9. The molecule has 0 fully saturated rings. The van der Waals surface area contributed by atoms with Crippen LogP contribution in [0.5, 0.6) is 0 Å².